The molecule has 0 unspecified atom stereocenters. The van der Waals surface area contributed by atoms with Crippen LogP contribution in [0.3, 0.4) is 0 Å². The van der Waals surface area contributed by atoms with Crippen molar-refractivity contribution >= 4 is 23.0 Å². The number of aromatic nitrogens is 1. The van der Waals surface area contributed by atoms with Gasteiger partial charge in [0, 0.05) is 11.9 Å². The maximum atomic E-state index is 5.92. The van der Waals surface area contributed by atoms with Crippen LogP contribution in [0.15, 0.2) is 102 Å². The van der Waals surface area contributed by atoms with E-state index < -0.39 is 0 Å². The lowest BCUT2D eigenvalue weighted by molar-refractivity contribution is 0.432. The minimum atomic E-state index is -0.150. The Labute approximate surface area is 179 Å². The Balaban J connectivity index is 1.47. The molecule has 0 spiro atoms. The van der Waals surface area contributed by atoms with E-state index in [2.05, 4.69) is 15.2 Å². The fraction of sp³-hybridized carbons (Fsp3) is 0.0833. The molecule has 1 N–H and O–H groups in total. The Morgan fingerprint density at radius 1 is 0.867 bits per heavy atom. The number of hydrogen-bond donors (Lipinski definition) is 1. The molecule has 0 radical (unpaired) electrons. The van der Waals surface area contributed by atoms with Gasteiger partial charge in [-0.3, -0.25) is 4.98 Å². The Morgan fingerprint density at radius 2 is 1.63 bits per heavy atom. The average Bonchev–Trinajstić information content (AvgIpc) is 3.43. The minimum Gasteiger partial charge on any atom is -0.467 e. The van der Waals surface area contributed by atoms with Gasteiger partial charge in [0.2, 0.25) is 0 Å². The highest BCUT2D eigenvalue weighted by Crippen LogP contribution is 2.41. The summed E-state index contributed by atoms with van der Waals surface area (Å²) >= 11 is 5.70. The normalized spacial score (nSPS) is 18.3. The van der Waals surface area contributed by atoms with Crippen molar-refractivity contribution in [1.29, 1.82) is 0 Å². The molecule has 148 valence electrons. The molecule has 3 heterocycles. The fourth-order valence-electron chi connectivity index (χ4n) is 3.68. The number of ether oxygens (including phenoxy) is 1. The lowest BCUT2D eigenvalue weighted by Gasteiger charge is -2.26. The van der Waals surface area contributed by atoms with Gasteiger partial charge in [-0.25, -0.2) is 0 Å². The number of anilines is 1. The highest BCUT2D eigenvalue weighted by molar-refractivity contribution is 7.80. The Kier molecular flexibility index (Phi) is 4.91. The van der Waals surface area contributed by atoms with Crippen molar-refractivity contribution < 1.29 is 9.15 Å². The number of thiocarbonyl (C=S) groups is 1. The van der Waals surface area contributed by atoms with Gasteiger partial charge in [-0.1, -0.05) is 24.3 Å². The molecule has 6 heteroatoms. The lowest BCUT2D eigenvalue weighted by Crippen LogP contribution is -2.29. The molecule has 0 amide bonds. The number of nitrogens with zero attached hydrogens (tertiary/aromatic N) is 2. The van der Waals surface area contributed by atoms with Crippen molar-refractivity contribution in [2.45, 2.75) is 12.1 Å². The standard InChI is InChI=1S/C24H19N3O2S/c30-24-26-22(20-9-4-5-15-25-20)23(21-10-6-16-28-21)27(24)17-11-13-19(14-12-17)29-18-7-2-1-3-8-18/h1-16,22-23H,(H,26,30)/t22-,23+/m1/s1. The topological polar surface area (TPSA) is 50.5 Å². The predicted octanol–water partition coefficient (Wildman–Crippen LogP) is 5.64. The van der Waals surface area contributed by atoms with Gasteiger partial charge in [0.15, 0.2) is 5.11 Å². The SMILES string of the molecule is S=C1N[C@H](c2ccccn2)[C@H](c2ccco2)N1c1ccc(Oc2ccccc2)cc1. The number of para-hydroxylation sites is 1. The van der Waals surface area contributed by atoms with Crippen molar-refractivity contribution in [3.8, 4) is 11.5 Å². The molecule has 5 nitrogen and oxygen atoms in total. The lowest BCUT2D eigenvalue weighted by atomic mass is 10.0. The Morgan fingerprint density at radius 3 is 2.33 bits per heavy atom. The van der Waals surface area contributed by atoms with E-state index in [9.17, 15) is 0 Å². The molecule has 4 aromatic rings. The molecular formula is C24H19N3O2S. The zero-order valence-electron chi connectivity index (χ0n) is 16.0. The van der Waals surface area contributed by atoms with Crippen molar-refractivity contribution in [2.24, 2.45) is 0 Å². The number of benzene rings is 2. The van der Waals surface area contributed by atoms with E-state index >= 15 is 0 Å². The highest BCUT2D eigenvalue weighted by atomic mass is 32.1. The van der Waals surface area contributed by atoms with Crippen LogP contribution in [0.25, 0.3) is 0 Å². The number of pyridine rings is 1. The van der Waals surface area contributed by atoms with Gasteiger partial charge in [-0.15, -0.1) is 0 Å². The van der Waals surface area contributed by atoms with E-state index in [0.717, 1.165) is 28.6 Å². The largest absolute Gasteiger partial charge is 0.467 e. The van der Waals surface area contributed by atoms with E-state index in [1.807, 2.05) is 84.9 Å². The third-order valence-electron chi connectivity index (χ3n) is 5.03. The third kappa shape index (κ3) is 3.53. The quantitative estimate of drug-likeness (QED) is 0.427. The Bertz CT molecular complexity index is 1120. The average molecular weight is 414 g/mol. The summed E-state index contributed by atoms with van der Waals surface area (Å²) in [5, 5.41) is 4.04. The minimum absolute atomic E-state index is 0.120. The predicted molar refractivity (Wildman–Crippen MR) is 120 cm³/mol. The second-order valence-corrected chi connectivity index (χ2v) is 7.31. The van der Waals surface area contributed by atoms with Crippen LogP contribution in [0, 0.1) is 0 Å². The molecule has 2 atom stereocenters. The molecule has 0 bridgehead atoms. The molecule has 2 aromatic carbocycles. The molecular weight excluding hydrogens is 394 g/mol. The molecule has 5 rings (SSSR count). The van der Waals surface area contributed by atoms with Crippen LogP contribution in [-0.4, -0.2) is 10.1 Å². The maximum absolute atomic E-state index is 5.92. The van der Waals surface area contributed by atoms with E-state index in [0.29, 0.717) is 5.11 Å². The monoisotopic (exact) mass is 413 g/mol. The van der Waals surface area contributed by atoms with Crippen molar-refractivity contribution in [2.75, 3.05) is 4.90 Å². The molecule has 2 aromatic heterocycles. The van der Waals surface area contributed by atoms with Gasteiger partial charge in [0.05, 0.1) is 18.0 Å². The summed E-state index contributed by atoms with van der Waals surface area (Å²) in [6.07, 6.45) is 3.47. The molecule has 1 aliphatic rings. The van der Waals surface area contributed by atoms with Gasteiger partial charge in [0.25, 0.3) is 0 Å². The second kappa shape index (κ2) is 8.00. The highest BCUT2D eigenvalue weighted by Gasteiger charge is 2.42. The molecule has 0 saturated carbocycles. The van der Waals surface area contributed by atoms with Gasteiger partial charge in [-0.2, -0.15) is 0 Å². The summed E-state index contributed by atoms with van der Waals surface area (Å²) in [4.78, 5) is 6.60. The molecule has 1 fully saturated rings. The van der Waals surface area contributed by atoms with Crippen LogP contribution < -0.4 is 15.0 Å². The van der Waals surface area contributed by atoms with Crippen LogP contribution in [-0.2, 0) is 0 Å². The summed E-state index contributed by atoms with van der Waals surface area (Å²) in [6.45, 7) is 0. The van der Waals surface area contributed by atoms with E-state index in [4.69, 9.17) is 21.4 Å². The first-order chi connectivity index (χ1) is 14.8. The fourth-order valence-corrected chi connectivity index (χ4v) is 4.03. The molecule has 30 heavy (non-hydrogen) atoms. The second-order valence-electron chi connectivity index (χ2n) is 6.92. The van der Waals surface area contributed by atoms with Crippen molar-refractivity contribution in [1.82, 2.24) is 10.3 Å². The van der Waals surface area contributed by atoms with Gasteiger partial charge >= 0.3 is 0 Å². The molecule has 1 aliphatic heterocycles. The van der Waals surface area contributed by atoms with Crippen LogP contribution >= 0.6 is 12.2 Å². The van der Waals surface area contributed by atoms with Gasteiger partial charge < -0.3 is 19.4 Å². The summed E-state index contributed by atoms with van der Waals surface area (Å²) < 4.78 is 11.7. The smallest absolute Gasteiger partial charge is 0.174 e. The summed E-state index contributed by atoms with van der Waals surface area (Å²) in [7, 11) is 0. The van der Waals surface area contributed by atoms with Crippen molar-refractivity contribution in [3.05, 3.63) is 109 Å². The molecule has 1 saturated heterocycles. The zero-order valence-corrected chi connectivity index (χ0v) is 16.8. The Hall–Kier alpha value is -3.64. The van der Waals surface area contributed by atoms with Crippen LogP contribution in [0.4, 0.5) is 5.69 Å². The van der Waals surface area contributed by atoms with Crippen molar-refractivity contribution in [3.63, 3.8) is 0 Å². The number of furan rings is 1. The first-order valence-corrected chi connectivity index (χ1v) is 10.1. The number of rotatable bonds is 5. The van der Waals surface area contributed by atoms with E-state index in [-0.39, 0.29) is 12.1 Å². The van der Waals surface area contributed by atoms with Crippen LogP contribution in [0.1, 0.15) is 23.5 Å². The molecule has 0 aliphatic carbocycles. The van der Waals surface area contributed by atoms with Crippen LogP contribution in [0.2, 0.25) is 0 Å². The maximum Gasteiger partial charge on any atom is 0.174 e. The summed E-state index contributed by atoms with van der Waals surface area (Å²) in [6, 6.07) is 27.1. The van der Waals surface area contributed by atoms with E-state index in [1.54, 1.807) is 12.5 Å². The van der Waals surface area contributed by atoms with E-state index in [1.165, 1.54) is 0 Å². The first-order valence-electron chi connectivity index (χ1n) is 9.66. The summed E-state index contributed by atoms with van der Waals surface area (Å²) in [5.41, 5.74) is 1.86. The van der Waals surface area contributed by atoms with Crippen LogP contribution in [0.5, 0.6) is 11.5 Å². The zero-order chi connectivity index (χ0) is 20.3. The number of hydrogen-bond acceptors (Lipinski definition) is 4. The third-order valence-corrected chi connectivity index (χ3v) is 5.34. The first kappa shape index (κ1) is 18.4. The van der Waals surface area contributed by atoms with Gasteiger partial charge in [0.1, 0.15) is 23.3 Å². The summed E-state index contributed by atoms with van der Waals surface area (Å²) in [5.74, 6) is 2.38. The number of nitrogens with one attached hydrogen (secondary N) is 1. The van der Waals surface area contributed by atoms with Gasteiger partial charge in [-0.05, 0) is 72.9 Å².